The smallest absolute Gasteiger partial charge is 0.110 e. The van der Waals surface area contributed by atoms with Gasteiger partial charge in [0.05, 0.1) is 24.4 Å². The lowest BCUT2D eigenvalue weighted by Gasteiger charge is -2.20. The van der Waals surface area contributed by atoms with Crippen LogP contribution in [0.25, 0.3) is 0 Å². The Morgan fingerprint density at radius 3 is 2.71 bits per heavy atom. The van der Waals surface area contributed by atoms with Gasteiger partial charge in [0.1, 0.15) is 5.01 Å². The second kappa shape index (κ2) is 6.69. The van der Waals surface area contributed by atoms with Crippen molar-refractivity contribution >= 4 is 11.3 Å². The molecule has 1 aliphatic rings. The molecule has 0 bridgehead atoms. The maximum Gasteiger partial charge on any atom is 0.110 e. The molecule has 0 fully saturated rings. The molecule has 21 heavy (non-hydrogen) atoms. The third-order valence-electron chi connectivity index (χ3n) is 4.07. The summed E-state index contributed by atoms with van der Waals surface area (Å²) >= 11 is 1.84. The van der Waals surface area contributed by atoms with Crippen molar-refractivity contribution in [1.82, 2.24) is 10.3 Å². The summed E-state index contributed by atoms with van der Waals surface area (Å²) in [7, 11) is 0. The van der Waals surface area contributed by atoms with Crippen LogP contribution in [0.1, 0.15) is 53.0 Å². The van der Waals surface area contributed by atoms with Crippen molar-refractivity contribution in [3.8, 4) is 0 Å². The van der Waals surface area contributed by atoms with Gasteiger partial charge < -0.3 is 5.11 Å². The summed E-state index contributed by atoms with van der Waals surface area (Å²) < 4.78 is 0. The molecular formula is C17H22N2OS. The molecule has 0 saturated carbocycles. The van der Waals surface area contributed by atoms with Crippen molar-refractivity contribution in [2.45, 2.75) is 44.7 Å². The highest BCUT2D eigenvalue weighted by Crippen LogP contribution is 2.30. The average Bonchev–Trinajstić information content (AvgIpc) is 2.97. The molecule has 1 aliphatic carbocycles. The third kappa shape index (κ3) is 3.34. The molecule has 2 aromatic rings. The van der Waals surface area contributed by atoms with Gasteiger partial charge in [0.15, 0.2) is 0 Å². The van der Waals surface area contributed by atoms with Crippen LogP contribution in [0.5, 0.6) is 0 Å². The second-order valence-electron chi connectivity index (χ2n) is 5.66. The molecule has 1 aromatic carbocycles. The van der Waals surface area contributed by atoms with Crippen molar-refractivity contribution in [2.24, 2.45) is 0 Å². The van der Waals surface area contributed by atoms with Crippen LogP contribution in [0, 0.1) is 0 Å². The van der Waals surface area contributed by atoms with Gasteiger partial charge in [0, 0.05) is 4.88 Å². The van der Waals surface area contributed by atoms with Crippen molar-refractivity contribution in [2.75, 3.05) is 6.61 Å². The number of nitrogens with zero attached hydrogens (tertiary/aromatic N) is 1. The maximum absolute atomic E-state index is 9.66. The van der Waals surface area contributed by atoms with Gasteiger partial charge in [-0.05, 0) is 38.2 Å². The Morgan fingerprint density at radius 1 is 1.24 bits per heavy atom. The molecule has 3 rings (SSSR count). The highest BCUT2D eigenvalue weighted by atomic mass is 32.1. The molecule has 4 heteroatoms. The number of rotatable bonds is 5. The van der Waals surface area contributed by atoms with Gasteiger partial charge in [-0.3, -0.25) is 5.32 Å². The zero-order valence-electron chi connectivity index (χ0n) is 12.4. The fraction of sp³-hybridized carbons (Fsp3) is 0.471. The second-order valence-corrected chi connectivity index (χ2v) is 6.78. The monoisotopic (exact) mass is 302 g/mol. The fourth-order valence-corrected chi connectivity index (χ4v) is 4.03. The average molecular weight is 302 g/mol. The van der Waals surface area contributed by atoms with E-state index in [0.717, 1.165) is 17.0 Å². The SMILES string of the molecule is CC(NC(CO)c1ccccc1)c1nc2c(s1)CCCC2. The van der Waals surface area contributed by atoms with Gasteiger partial charge in [-0.1, -0.05) is 30.3 Å². The minimum atomic E-state index is -0.0397. The molecule has 2 N–H and O–H groups in total. The van der Waals surface area contributed by atoms with Crippen molar-refractivity contribution in [3.63, 3.8) is 0 Å². The Labute approximate surface area is 130 Å². The summed E-state index contributed by atoms with van der Waals surface area (Å²) in [5.74, 6) is 0. The topological polar surface area (TPSA) is 45.1 Å². The van der Waals surface area contributed by atoms with Gasteiger partial charge in [-0.2, -0.15) is 0 Å². The van der Waals surface area contributed by atoms with Gasteiger partial charge in [0.25, 0.3) is 0 Å². The third-order valence-corrected chi connectivity index (χ3v) is 5.41. The van der Waals surface area contributed by atoms with Crippen molar-refractivity contribution in [1.29, 1.82) is 0 Å². The number of benzene rings is 1. The molecule has 3 nitrogen and oxygen atoms in total. The number of thiazole rings is 1. The Morgan fingerprint density at radius 2 is 2.00 bits per heavy atom. The number of aliphatic hydroxyl groups excluding tert-OH is 1. The molecule has 0 aliphatic heterocycles. The summed E-state index contributed by atoms with van der Waals surface area (Å²) in [6, 6.07) is 10.2. The largest absolute Gasteiger partial charge is 0.394 e. The fourth-order valence-electron chi connectivity index (χ4n) is 2.87. The van der Waals surface area contributed by atoms with E-state index in [0.29, 0.717) is 0 Å². The van der Waals surface area contributed by atoms with Gasteiger partial charge in [0.2, 0.25) is 0 Å². The Hall–Kier alpha value is -1.23. The molecule has 0 spiro atoms. The maximum atomic E-state index is 9.66. The first-order valence-corrected chi connectivity index (χ1v) is 8.50. The Balaban J connectivity index is 1.72. The normalized spacial score (nSPS) is 17.2. The van der Waals surface area contributed by atoms with E-state index in [1.54, 1.807) is 0 Å². The van der Waals surface area contributed by atoms with E-state index in [4.69, 9.17) is 4.98 Å². The summed E-state index contributed by atoms with van der Waals surface area (Å²) in [4.78, 5) is 6.27. The lowest BCUT2D eigenvalue weighted by Crippen LogP contribution is -2.27. The predicted octanol–water partition coefficient (Wildman–Crippen LogP) is 3.41. The highest BCUT2D eigenvalue weighted by Gasteiger charge is 2.20. The van der Waals surface area contributed by atoms with Crippen LogP contribution >= 0.6 is 11.3 Å². The van der Waals surface area contributed by atoms with Crippen LogP contribution in [0.2, 0.25) is 0 Å². The molecule has 0 amide bonds. The zero-order chi connectivity index (χ0) is 14.7. The van der Waals surface area contributed by atoms with Crippen LogP contribution in [0.4, 0.5) is 0 Å². The first-order valence-electron chi connectivity index (χ1n) is 7.68. The van der Waals surface area contributed by atoms with Gasteiger partial charge >= 0.3 is 0 Å². The molecule has 1 aromatic heterocycles. The zero-order valence-corrected chi connectivity index (χ0v) is 13.2. The number of aliphatic hydroxyl groups is 1. The summed E-state index contributed by atoms with van der Waals surface area (Å²) in [6.45, 7) is 2.23. The van der Waals surface area contributed by atoms with Crippen molar-refractivity contribution in [3.05, 3.63) is 51.5 Å². The minimum Gasteiger partial charge on any atom is -0.394 e. The first kappa shape index (κ1) is 14.7. The van der Waals surface area contributed by atoms with E-state index < -0.39 is 0 Å². The van der Waals surface area contributed by atoms with Crippen LogP contribution in [-0.4, -0.2) is 16.7 Å². The van der Waals surface area contributed by atoms with E-state index in [2.05, 4.69) is 12.2 Å². The molecule has 0 radical (unpaired) electrons. The molecule has 0 saturated heterocycles. The van der Waals surface area contributed by atoms with E-state index in [1.165, 1.54) is 29.8 Å². The lowest BCUT2D eigenvalue weighted by molar-refractivity contribution is 0.235. The van der Waals surface area contributed by atoms with Crippen LogP contribution in [0.15, 0.2) is 30.3 Å². The van der Waals surface area contributed by atoms with Crippen LogP contribution < -0.4 is 5.32 Å². The van der Waals surface area contributed by atoms with E-state index in [-0.39, 0.29) is 18.7 Å². The van der Waals surface area contributed by atoms with E-state index in [9.17, 15) is 5.11 Å². The molecule has 2 unspecified atom stereocenters. The van der Waals surface area contributed by atoms with Crippen LogP contribution in [-0.2, 0) is 12.8 Å². The number of hydrogen-bond acceptors (Lipinski definition) is 4. The number of aryl methyl sites for hydroxylation is 2. The van der Waals surface area contributed by atoms with Gasteiger partial charge in [-0.25, -0.2) is 4.98 Å². The number of aromatic nitrogens is 1. The number of fused-ring (bicyclic) bond motifs is 1. The molecule has 2 atom stereocenters. The molecule has 112 valence electrons. The van der Waals surface area contributed by atoms with E-state index >= 15 is 0 Å². The summed E-state index contributed by atoms with van der Waals surface area (Å²) in [6.07, 6.45) is 4.86. The number of nitrogens with one attached hydrogen (secondary N) is 1. The first-order chi connectivity index (χ1) is 10.3. The molecule has 1 heterocycles. The Kier molecular flexibility index (Phi) is 4.68. The Bertz CT molecular complexity index is 558. The predicted molar refractivity (Wildman–Crippen MR) is 86.6 cm³/mol. The summed E-state index contributed by atoms with van der Waals surface area (Å²) in [5.41, 5.74) is 2.42. The van der Waals surface area contributed by atoms with Crippen molar-refractivity contribution < 1.29 is 5.11 Å². The van der Waals surface area contributed by atoms with Gasteiger partial charge in [-0.15, -0.1) is 11.3 Å². The standard InChI is InChI=1S/C17H22N2OS/c1-12(17-19-14-9-5-6-10-16(14)21-17)18-15(11-20)13-7-3-2-4-8-13/h2-4,7-8,12,15,18,20H,5-6,9-11H2,1H3. The quantitative estimate of drug-likeness (QED) is 0.889. The summed E-state index contributed by atoms with van der Waals surface area (Å²) in [5, 5.41) is 14.3. The lowest BCUT2D eigenvalue weighted by atomic mass is 10.0. The molecular weight excluding hydrogens is 280 g/mol. The minimum absolute atomic E-state index is 0.0397. The number of hydrogen-bond donors (Lipinski definition) is 2. The van der Waals surface area contributed by atoms with E-state index in [1.807, 2.05) is 41.7 Å². The highest BCUT2D eigenvalue weighted by molar-refractivity contribution is 7.11. The van der Waals surface area contributed by atoms with Crippen LogP contribution in [0.3, 0.4) is 0 Å².